The van der Waals surface area contributed by atoms with E-state index in [-0.39, 0.29) is 18.0 Å². The standard InChI is InChI=1S/C22H28N4O3/c27-20-15-17-5-3-11-25(17)22(28)26(20)12-4-10-24-13-8-16(9-14-24)21-18-6-1-2-7-19(18)29-23-21/h1-2,6-7,16-17H,3-5,8-15H2. The molecule has 2 aromatic rings. The van der Waals surface area contributed by atoms with E-state index in [0.717, 1.165) is 74.9 Å². The zero-order chi connectivity index (χ0) is 19.8. The summed E-state index contributed by atoms with van der Waals surface area (Å²) in [6, 6.07) is 8.14. The van der Waals surface area contributed by atoms with Crippen LogP contribution in [0.5, 0.6) is 0 Å². The molecule has 3 amide bonds. The summed E-state index contributed by atoms with van der Waals surface area (Å²) in [5.41, 5.74) is 1.95. The molecule has 0 spiro atoms. The number of carbonyl (C=O) groups excluding carboxylic acids is 2. The van der Waals surface area contributed by atoms with Gasteiger partial charge in [-0.3, -0.25) is 9.69 Å². The molecule has 3 aliphatic heterocycles. The first-order chi connectivity index (χ1) is 14.2. The van der Waals surface area contributed by atoms with Crippen molar-refractivity contribution in [3.05, 3.63) is 30.0 Å². The van der Waals surface area contributed by atoms with Gasteiger partial charge in [-0.2, -0.15) is 0 Å². The van der Waals surface area contributed by atoms with Crippen LogP contribution in [0.1, 0.15) is 50.1 Å². The molecule has 1 aromatic heterocycles. The first-order valence-electron chi connectivity index (χ1n) is 10.9. The van der Waals surface area contributed by atoms with Gasteiger partial charge in [0.2, 0.25) is 5.91 Å². The Morgan fingerprint density at radius 3 is 2.72 bits per heavy atom. The highest BCUT2D eigenvalue weighted by atomic mass is 16.5. The molecule has 0 N–H and O–H groups in total. The Labute approximate surface area is 170 Å². The molecule has 1 atom stereocenters. The highest BCUT2D eigenvalue weighted by Crippen LogP contribution is 2.32. The fourth-order valence-corrected chi connectivity index (χ4v) is 5.18. The van der Waals surface area contributed by atoms with Crippen molar-refractivity contribution in [1.82, 2.24) is 19.9 Å². The predicted octanol–water partition coefficient (Wildman–Crippen LogP) is 3.21. The lowest BCUT2D eigenvalue weighted by Crippen LogP contribution is -2.55. The number of hydrogen-bond acceptors (Lipinski definition) is 5. The van der Waals surface area contributed by atoms with Crippen LogP contribution in [0.2, 0.25) is 0 Å². The number of piperidine rings is 1. The van der Waals surface area contributed by atoms with Gasteiger partial charge >= 0.3 is 6.03 Å². The van der Waals surface area contributed by atoms with E-state index in [1.54, 1.807) is 0 Å². The van der Waals surface area contributed by atoms with Crippen LogP contribution in [0.4, 0.5) is 4.79 Å². The van der Waals surface area contributed by atoms with E-state index in [4.69, 9.17) is 4.52 Å². The van der Waals surface area contributed by atoms with Crippen molar-refractivity contribution < 1.29 is 14.1 Å². The zero-order valence-electron chi connectivity index (χ0n) is 16.8. The number of urea groups is 1. The maximum Gasteiger partial charge on any atom is 0.326 e. The summed E-state index contributed by atoms with van der Waals surface area (Å²) >= 11 is 0. The lowest BCUT2D eigenvalue weighted by Gasteiger charge is -2.37. The van der Waals surface area contributed by atoms with Gasteiger partial charge < -0.3 is 14.3 Å². The number of nitrogens with zero attached hydrogens (tertiary/aromatic N) is 4. The first-order valence-corrected chi connectivity index (χ1v) is 10.9. The normalized spacial score (nSPS) is 23.9. The third kappa shape index (κ3) is 3.52. The van der Waals surface area contributed by atoms with Crippen LogP contribution in [-0.2, 0) is 4.79 Å². The summed E-state index contributed by atoms with van der Waals surface area (Å²) in [6.45, 7) is 4.29. The van der Waals surface area contributed by atoms with Crippen LogP contribution in [0, 0.1) is 0 Å². The maximum atomic E-state index is 12.6. The van der Waals surface area contributed by atoms with Gasteiger partial charge in [-0.1, -0.05) is 17.3 Å². The number of para-hydroxylation sites is 1. The summed E-state index contributed by atoms with van der Waals surface area (Å²) in [7, 11) is 0. The Morgan fingerprint density at radius 2 is 1.86 bits per heavy atom. The molecular formula is C22H28N4O3. The Bertz CT molecular complexity index is 902. The van der Waals surface area contributed by atoms with Crippen molar-refractivity contribution in [2.75, 3.05) is 32.7 Å². The number of fused-ring (bicyclic) bond motifs is 2. The predicted molar refractivity (Wildman–Crippen MR) is 108 cm³/mol. The number of rotatable bonds is 5. The highest BCUT2D eigenvalue weighted by Gasteiger charge is 2.40. The molecule has 7 heteroatoms. The quantitative estimate of drug-likeness (QED) is 0.776. The van der Waals surface area contributed by atoms with Crippen LogP contribution < -0.4 is 0 Å². The maximum absolute atomic E-state index is 12.6. The van der Waals surface area contributed by atoms with Crippen molar-refractivity contribution in [3.63, 3.8) is 0 Å². The molecule has 0 bridgehead atoms. The molecule has 7 nitrogen and oxygen atoms in total. The molecule has 3 saturated heterocycles. The van der Waals surface area contributed by atoms with Crippen LogP contribution in [-0.4, -0.2) is 70.6 Å². The van der Waals surface area contributed by atoms with Crippen molar-refractivity contribution in [2.45, 2.75) is 50.5 Å². The van der Waals surface area contributed by atoms with E-state index in [1.807, 2.05) is 23.1 Å². The third-order valence-corrected chi connectivity index (χ3v) is 6.80. The number of hydrogen-bond donors (Lipinski definition) is 0. The summed E-state index contributed by atoms with van der Waals surface area (Å²) < 4.78 is 5.47. The Kier molecular flexibility index (Phi) is 4.99. The summed E-state index contributed by atoms with van der Waals surface area (Å²) in [5, 5.41) is 5.46. The van der Waals surface area contributed by atoms with Gasteiger partial charge in [-0.05, 0) is 63.9 Å². The van der Waals surface area contributed by atoms with Gasteiger partial charge in [0.05, 0.1) is 5.69 Å². The third-order valence-electron chi connectivity index (χ3n) is 6.80. The monoisotopic (exact) mass is 396 g/mol. The van der Waals surface area contributed by atoms with Crippen LogP contribution >= 0.6 is 0 Å². The molecule has 3 fully saturated rings. The highest BCUT2D eigenvalue weighted by molar-refractivity contribution is 5.97. The van der Waals surface area contributed by atoms with Gasteiger partial charge in [0.15, 0.2) is 5.58 Å². The van der Waals surface area contributed by atoms with Gasteiger partial charge in [-0.25, -0.2) is 4.79 Å². The number of carbonyl (C=O) groups is 2. The Hall–Kier alpha value is -2.41. The lowest BCUT2D eigenvalue weighted by molar-refractivity contribution is -0.132. The fraction of sp³-hybridized carbons (Fsp3) is 0.591. The molecule has 1 unspecified atom stereocenters. The SMILES string of the molecule is O=C1CC2CCCN2C(=O)N1CCCN1CCC(c2noc3ccccc23)CC1. The molecule has 154 valence electrons. The number of benzene rings is 1. The van der Waals surface area contributed by atoms with Crippen molar-refractivity contribution in [1.29, 1.82) is 0 Å². The molecule has 5 rings (SSSR count). The first kappa shape index (κ1) is 18.6. The van der Waals surface area contributed by atoms with Crippen molar-refractivity contribution >= 4 is 22.9 Å². The topological polar surface area (TPSA) is 69.9 Å². The Morgan fingerprint density at radius 1 is 1.03 bits per heavy atom. The van der Waals surface area contributed by atoms with E-state index in [0.29, 0.717) is 18.9 Å². The second kappa shape index (κ2) is 7.78. The fourth-order valence-electron chi connectivity index (χ4n) is 5.18. The lowest BCUT2D eigenvalue weighted by atomic mass is 9.91. The number of likely N-dealkylation sites (tertiary alicyclic amines) is 1. The number of aromatic nitrogens is 1. The minimum absolute atomic E-state index is 0.00904. The van der Waals surface area contributed by atoms with E-state index >= 15 is 0 Å². The average molecular weight is 396 g/mol. The summed E-state index contributed by atoms with van der Waals surface area (Å²) in [5.74, 6) is 0.446. The minimum atomic E-state index is -0.0691. The molecule has 0 saturated carbocycles. The van der Waals surface area contributed by atoms with Crippen LogP contribution in [0.15, 0.2) is 28.8 Å². The molecule has 4 heterocycles. The smallest absolute Gasteiger partial charge is 0.326 e. The minimum Gasteiger partial charge on any atom is -0.356 e. The second-order valence-electron chi connectivity index (χ2n) is 8.55. The zero-order valence-corrected chi connectivity index (χ0v) is 16.8. The van der Waals surface area contributed by atoms with E-state index in [2.05, 4.69) is 16.1 Å². The second-order valence-corrected chi connectivity index (χ2v) is 8.55. The van der Waals surface area contributed by atoms with Crippen LogP contribution in [0.25, 0.3) is 11.0 Å². The molecule has 0 aliphatic carbocycles. The van der Waals surface area contributed by atoms with Gasteiger partial charge in [-0.15, -0.1) is 0 Å². The molecule has 29 heavy (non-hydrogen) atoms. The molecular weight excluding hydrogens is 368 g/mol. The van der Waals surface area contributed by atoms with E-state index in [9.17, 15) is 9.59 Å². The van der Waals surface area contributed by atoms with Crippen molar-refractivity contribution in [3.8, 4) is 0 Å². The number of amides is 3. The van der Waals surface area contributed by atoms with E-state index < -0.39 is 0 Å². The largest absolute Gasteiger partial charge is 0.356 e. The van der Waals surface area contributed by atoms with E-state index in [1.165, 1.54) is 4.90 Å². The summed E-state index contributed by atoms with van der Waals surface area (Å²) in [6.07, 6.45) is 5.46. The summed E-state index contributed by atoms with van der Waals surface area (Å²) in [4.78, 5) is 30.8. The average Bonchev–Trinajstić information content (AvgIpc) is 3.38. The van der Waals surface area contributed by atoms with Gasteiger partial charge in [0, 0.05) is 36.9 Å². The Balaban J connectivity index is 1.11. The van der Waals surface area contributed by atoms with Crippen LogP contribution in [0.3, 0.4) is 0 Å². The molecule has 1 aromatic carbocycles. The molecule has 3 aliphatic rings. The van der Waals surface area contributed by atoms with Gasteiger partial charge in [0.25, 0.3) is 0 Å². The molecule has 0 radical (unpaired) electrons. The van der Waals surface area contributed by atoms with Crippen molar-refractivity contribution in [2.24, 2.45) is 0 Å². The number of imide groups is 1. The van der Waals surface area contributed by atoms with Gasteiger partial charge in [0.1, 0.15) is 0 Å².